The third-order valence-corrected chi connectivity index (χ3v) is 4.65. The molecule has 0 bridgehead atoms. The first-order valence-corrected chi connectivity index (χ1v) is 8.75. The monoisotopic (exact) mass is 395 g/mol. The number of carbonyl (C=O) groups excluding carboxylic acids is 1. The van der Waals surface area contributed by atoms with Crippen LogP contribution in [0.3, 0.4) is 0 Å². The second kappa shape index (κ2) is 7.53. The SMILES string of the molecule is Cc1cc(NC(=O)C(c2ccccc2)c2ccccc2)cc(Br)c1O. The zero-order valence-electron chi connectivity index (χ0n) is 13.7. The molecule has 3 aromatic rings. The highest BCUT2D eigenvalue weighted by atomic mass is 79.9. The first-order chi connectivity index (χ1) is 12.1. The Hall–Kier alpha value is -2.59. The van der Waals surface area contributed by atoms with Crippen LogP contribution >= 0.6 is 15.9 Å². The van der Waals surface area contributed by atoms with Crippen molar-refractivity contribution in [3.63, 3.8) is 0 Å². The molecule has 0 unspecified atom stereocenters. The number of carbonyl (C=O) groups is 1. The van der Waals surface area contributed by atoms with Crippen molar-refractivity contribution in [1.82, 2.24) is 0 Å². The molecule has 0 heterocycles. The molecule has 1 amide bonds. The summed E-state index contributed by atoms with van der Waals surface area (Å²) in [6.07, 6.45) is 0. The molecule has 3 aromatic carbocycles. The first-order valence-electron chi connectivity index (χ1n) is 7.96. The average molecular weight is 396 g/mol. The largest absolute Gasteiger partial charge is 0.506 e. The van der Waals surface area contributed by atoms with E-state index in [0.29, 0.717) is 15.7 Å². The van der Waals surface area contributed by atoms with E-state index in [4.69, 9.17) is 0 Å². The van der Waals surface area contributed by atoms with E-state index in [1.54, 1.807) is 19.1 Å². The molecule has 0 atom stereocenters. The number of amides is 1. The van der Waals surface area contributed by atoms with E-state index in [0.717, 1.165) is 11.1 Å². The number of aryl methyl sites for hydroxylation is 1. The van der Waals surface area contributed by atoms with E-state index in [1.165, 1.54) is 0 Å². The Kier molecular flexibility index (Phi) is 5.19. The third-order valence-electron chi connectivity index (χ3n) is 4.05. The average Bonchev–Trinajstić information content (AvgIpc) is 2.61. The fourth-order valence-corrected chi connectivity index (χ4v) is 3.37. The van der Waals surface area contributed by atoms with Gasteiger partial charge >= 0.3 is 0 Å². The number of benzene rings is 3. The summed E-state index contributed by atoms with van der Waals surface area (Å²) in [5.41, 5.74) is 3.20. The lowest BCUT2D eigenvalue weighted by Gasteiger charge is -2.18. The lowest BCUT2D eigenvalue weighted by Crippen LogP contribution is -2.22. The van der Waals surface area contributed by atoms with Gasteiger partial charge in [0.15, 0.2) is 0 Å². The fourth-order valence-electron chi connectivity index (χ4n) is 2.81. The normalized spacial score (nSPS) is 10.7. The lowest BCUT2D eigenvalue weighted by atomic mass is 9.90. The minimum Gasteiger partial charge on any atom is -0.506 e. The molecule has 0 aliphatic carbocycles. The van der Waals surface area contributed by atoms with Gasteiger partial charge in [-0.3, -0.25) is 4.79 Å². The van der Waals surface area contributed by atoms with Crippen molar-refractivity contribution in [3.05, 3.63) is 94.0 Å². The van der Waals surface area contributed by atoms with Crippen LogP contribution < -0.4 is 5.32 Å². The highest BCUT2D eigenvalue weighted by molar-refractivity contribution is 9.10. The van der Waals surface area contributed by atoms with Gasteiger partial charge < -0.3 is 10.4 Å². The van der Waals surface area contributed by atoms with Crippen molar-refractivity contribution in [3.8, 4) is 5.75 Å². The Morgan fingerprint density at radius 3 is 1.96 bits per heavy atom. The summed E-state index contributed by atoms with van der Waals surface area (Å²) in [5, 5.41) is 12.8. The van der Waals surface area contributed by atoms with Crippen molar-refractivity contribution in [1.29, 1.82) is 0 Å². The number of aromatic hydroxyl groups is 1. The van der Waals surface area contributed by atoms with Crippen molar-refractivity contribution in [2.75, 3.05) is 5.32 Å². The molecule has 0 saturated heterocycles. The molecule has 4 heteroatoms. The number of phenols is 1. The molecule has 2 N–H and O–H groups in total. The first kappa shape index (κ1) is 17.2. The van der Waals surface area contributed by atoms with Gasteiger partial charge in [0.05, 0.1) is 10.4 Å². The van der Waals surface area contributed by atoms with Crippen LogP contribution in [0.2, 0.25) is 0 Å². The molecular weight excluding hydrogens is 378 g/mol. The predicted molar refractivity (Wildman–Crippen MR) is 104 cm³/mol. The van der Waals surface area contributed by atoms with Crippen LogP contribution in [-0.2, 0) is 4.79 Å². The quantitative estimate of drug-likeness (QED) is 0.593. The molecule has 0 spiro atoms. The molecule has 3 rings (SSSR count). The summed E-state index contributed by atoms with van der Waals surface area (Å²) >= 11 is 3.31. The zero-order chi connectivity index (χ0) is 17.8. The Balaban J connectivity index is 1.95. The van der Waals surface area contributed by atoms with Gasteiger partial charge in [0.25, 0.3) is 0 Å². The van der Waals surface area contributed by atoms with Crippen LogP contribution in [0.4, 0.5) is 5.69 Å². The maximum atomic E-state index is 13.0. The van der Waals surface area contributed by atoms with Gasteiger partial charge in [0, 0.05) is 5.69 Å². The Labute approximate surface area is 155 Å². The van der Waals surface area contributed by atoms with Crippen molar-refractivity contribution in [2.24, 2.45) is 0 Å². The number of nitrogens with one attached hydrogen (secondary N) is 1. The standard InChI is InChI=1S/C21H18BrNO2/c1-14-12-17(13-18(22)20(14)24)23-21(25)19(15-8-4-2-5-9-15)16-10-6-3-7-11-16/h2-13,19,24H,1H3,(H,23,25). The summed E-state index contributed by atoms with van der Waals surface area (Å²) in [6.45, 7) is 1.79. The molecule has 0 aliphatic rings. The van der Waals surface area contributed by atoms with E-state index in [1.807, 2.05) is 60.7 Å². The highest BCUT2D eigenvalue weighted by Gasteiger charge is 2.23. The van der Waals surface area contributed by atoms with Gasteiger partial charge in [-0.25, -0.2) is 0 Å². The second-order valence-corrected chi connectivity index (χ2v) is 6.72. The van der Waals surface area contributed by atoms with Gasteiger partial charge in [-0.2, -0.15) is 0 Å². The van der Waals surface area contributed by atoms with E-state index in [9.17, 15) is 9.90 Å². The van der Waals surface area contributed by atoms with Gasteiger partial charge in [0.1, 0.15) is 5.75 Å². The molecule has 0 saturated carbocycles. The maximum Gasteiger partial charge on any atom is 0.236 e. The minimum absolute atomic E-state index is 0.116. The maximum absolute atomic E-state index is 13.0. The molecule has 3 nitrogen and oxygen atoms in total. The summed E-state index contributed by atoms with van der Waals surface area (Å²) in [4.78, 5) is 13.0. The van der Waals surface area contributed by atoms with Gasteiger partial charge in [-0.1, -0.05) is 60.7 Å². The number of hydrogen-bond acceptors (Lipinski definition) is 2. The summed E-state index contributed by atoms with van der Waals surface area (Å²) in [7, 11) is 0. The summed E-state index contributed by atoms with van der Waals surface area (Å²) in [6, 6.07) is 22.9. The Bertz CT molecular complexity index is 816. The topological polar surface area (TPSA) is 49.3 Å². The van der Waals surface area contributed by atoms with Gasteiger partial charge in [0.2, 0.25) is 5.91 Å². The van der Waals surface area contributed by atoms with Crippen LogP contribution in [0.15, 0.2) is 77.3 Å². The van der Waals surface area contributed by atoms with Crippen LogP contribution in [-0.4, -0.2) is 11.0 Å². The number of phenolic OH excluding ortho intramolecular Hbond substituents is 1. The smallest absolute Gasteiger partial charge is 0.236 e. The second-order valence-electron chi connectivity index (χ2n) is 5.87. The van der Waals surface area contributed by atoms with Gasteiger partial charge in [-0.15, -0.1) is 0 Å². The lowest BCUT2D eigenvalue weighted by molar-refractivity contribution is -0.116. The van der Waals surface area contributed by atoms with E-state index >= 15 is 0 Å². The Morgan fingerprint density at radius 1 is 0.960 bits per heavy atom. The molecule has 0 fully saturated rings. The molecular formula is C21H18BrNO2. The number of anilines is 1. The summed E-state index contributed by atoms with van der Waals surface area (Å²) in [5.74, 6) is -0.342. The van der Waals surface area contributed by atoms with Crippen LogP contribution in [0.5, 0.6) is 5.75 Å². The third kappa shape index (κ3) is 3.91. The van der Waals surface area contributed by atoms with Gasteiger partial charge in [-0.05, 0) is 51.7 Å². The fraction of sp³-hybridized carbons (Fsp3) is 0.0952. The van der Waals surface area contributed by atoms with Crippen molar-refractivity contribution in [2.45, 2.75) is 12.8 Å². The van der Waals surface area contributed by atoms with E-state index < -0.39 is 5.92 Å². The zero-order valence-corrected chi connectivity index (χ0v) is 15.3. The Morgan fingerprint density at radius 2 is 1.48 bits per heavy atom. The van der Waals surface area contributed by atoms with Crippen LogP contribution in [0, 0.1) is 6.92 Å². The van der Waals surface area contributed by atoms with E-state index in [-0.39, 0.29) is 11.7 Å². The van der Waals surface area contributed by atoms with Crippen LogP contribution in [0.25, 0.3) is 0 Å². The number of hydrogen-bond donors (Lipinski definition) is 2. The van der Waals surface area contributed by atoms with E-state index in [2.05, 4.69) is 21.2 Å². The molecule has 0 radical (unpaired) electrons. The minimum atomic E-state index is -0.407. The summed E-state index contributed by atoms with van der Waals surface area (Å²) < 4.78 is 0.554. The van der Waals surface area contributed by atoms with Crippen molar-refractivity contribution < 1.29 is 9.90 Å². The molecule has 126 valence electrons. The predicted octanol–water partition coefficient (Wildman–Crippen LogP) is 5.23. The van der Waals surface area contributed by atoms with Crippen molar-refractivity contribution >= 4 is 27.5 Å². The molecule has 25 heavy (non-hydrogen) atoms. The molecule has 0 aromatic heterocycles. The highest BCUT2D eigenvalue weighted by Crippen LogP contribution is 2.32. The number of rotatable bonds is 4. The molecule has 0 aliphatic heterocycles. The van der Waals surface area contributed by atoms with Crippen LogP contribution in [0.1, 0.15) is 22.6 Å². The number of halogens is 1.